The molecule has 1 aliphatic heterocycles. The number of carbonyl (C=O) groups excluding carboxylic acids is 1. The largest absolute Gasteiger partial charge is 0.348 e. The first-order chi connectivity index (χ1) is 9.72. The van der Waals surface area contributed by atoms with Gasteiger partial charge in [-0.05, 0) is 37.1 Å². The summed E-state index contributed by atoms with van der Waals surface area (Å²) in [6.45, 7) is 2.01. The van der Waals surface area contributed by atoms with Crippen molar-refractivity contribution in [2.24, 2.45) is 0 Å². The minimum atomic E-state index is -0.326. The normalized spacial score (nSPS) is 14.6. The second kappa shape index (κ2) is 5.58. The van der Waals surface area contributed by atoms with Crippen LogP contribution in [-0.4, -0.2) is 24.0 Å². The summed E-state index contributed by atoms with van der Waals surface area (Å²) in [5.74, 6) is -0.591. The average molecular weight is 291 g/mol. The van der Waals surface area contributed by atoms with Crippen LogP contribution in [-0.2, 0) is 0 Å². The molecule has 0 saturated carbocycles. The maximum Gasteiger partial charge on any atom is 0.275 e. The zero-order valence-electron chi connectivity index (χ0n) is 10.8. The molecule has 3 rings (SSSR count). The molecule has 0 unspecified atom stereocenters. The minimum Gasteiger partial charge on any atom is -0.348 e. The van der Waals surface area contributed by atoms with E-state index < -0.39 is 0 Å². The summed E-state index contributed by atoms with van der Waals surface area (Å²) < 4.78 is 12.8. The van der Waals surface area contributed by atoms with E-state index in [0.29, 0.717) is 11.4 Å². The Bertz CT molecular complexity index is 605. The Morgan fingerprint density at radius 1 is 1.25 bits per heavy atom. The molecule has 2 heterocycles. The number of halogens is 1. The van der Waals surface area contributed by atoms with Gasteiger partial charge in [0.05, 0.1) is 0 Å². The molecule has 0 aliphatic carbocycles. The van der Waals surface area contributed by atoms with Crippen LogP contribution < -0.4 is 10.2 Å². The third-order valence-corrected chi connectivity index (χ3v) is 4.10. The number of amides is 1. The fourth-order valence-electron chi connectivity index (χ4n) is 2.15. The molecule has 0 radical (unpaired) electrons. The molecule has 1 aromatic carbocycles. The van der Waals surface area contributed by atoms with Gasteiger partial charge in [0.25, 0.3) is 5.91 Å². The second-order valence-corrected chi connectivity index (χ2v) is 5.51. The smallest absolute Gasteiger partial charge is 0.275 e. The van der Waals surface area contributed by atoms with Gasteiger partial charge in [-0.2, -0.15) is 0 Å². The molecule has 1 amide bonds. The molecule has 0 atom stereocenters. The summed E-state index contributed by atoms with van der Waals surface area (Å²) >= 11 is 1.48. The van der Waals surface area contributed by atoms with Gasteiger partial charge in [0, 0.05) is 24.2 Å². The quantitative estimate of drug-likeness (QED) is 0.945. The van der Waals surface area contributed by atoms with Crippen molar-refractivity contribution < 1.29 is 9.18 Å². The topological polar surface area (TPSA) is 45.2 Å². The Morgan fingerprint density at radius 2 is 1.95 bits per heavy atom. The molecule has 1 aromatic heterocycles. The van der Waals surface area contributed by atoms with E-state index in [4.69, 9.17) is 0 Å². The van der Waals surface area contributed by atoms with Crippen LogP contribution in [0.4, 0.5) is 15.2 Å². The zero-order valence-corrected chi connectivity index (χ0v) is 11.6. The van der Waals surface area contributed by atoms with Crippen LogP contribution in [0.1, 0.15) is 23.3 Å². The molecular weight excluding hydrogens is 277 g/mol. The molecule has 4 nitrogen and oxygen atoms in total. The molecule has 1 saturated heterocycles. The van der Waals surface area contributed by atoms with Crippen molar-refractivity contribution in [1.29, 1.82) is 0 Å². The van der Waals surface area contributed by atoms with Crippen LogP contribution in [0.2, 0.25) is 0 Å². The predicted molar refractivity (Wildman–Crippen MR) is 77.9 cm³/mol. The van der Waals surface area contributed by atoms with E-state index in [2.05, 4.69) is 15.2 Å². The van der Waals surface area contributed by atoms with Crippen molar-refractivity contribution in [2.45, 2.75) is 12.8 Å². The fourth-order valence-corrected chi connectivity index (χ4v) is 3.01. The first kappa shape index (κ1) is 13.1. The minimum absolute atomic E-state index is 0.265. The fraction of sp³-hybridized carbons (Fsp3) is 0.286. The van der Waals surface area contributed by atoms with Gasteiger partial charge in [-0.15, -0.1) is 11.3 Å². The molecular formula is C14H14FN3OS. The van der Waals surface area contributed by atoms with Gasteiger partial charge in [-0.3, -0.25) is 4.79 Å². The predicted octanol–water partition coefficient (Wildman–Crippen LogP) is 3.13. The van der Waals surface area contributed by atoms with Crippen LogP contribution in [0, 0.1) is 5.82 Å². The highest BCUT2D eigenvalue weighted by Crippen LogP contribution is 2.24. The second-order valence-electron chi connectivity index (χ2n) is 4.67. The Kier molecular flexibility index (Phi) is 3.64. The Labute approximate surface area is 120 Å². The van der Waals surface area contributed by atoms with Crippen LogP contribution in [0.25, 0.3) is 0 Å². The van der Waals surface area contributed by atoms with E-state index in [9.17, 15) is 9.18 Å². The van der Waals surface area contributed by atoms with Gasteiger partial charge < -0.3 is 10.2 Å². The van der Waals surface area contributed by atoms with E-state index in [-0.39, 0.29) is 11.7 Å². The highest BCUT2D eigenvalue weighted by Gasteiger charge is 2.18. The maximum absolute atomic E-state index is 12.8. The number of anilines is 2. The van der Waals surface area contributed by atoms with Gasteiger partial charge in [0.1, 0.15) is 11.5 Å². The molecule has 2 aromatic rings. The summed E-state index contributed by atoms with van der Waals surface area (Å²) in [6.07, 6.45) is 2.35. The number of carbonyl (C=O) groups is 1. The summed E-state index contributed by atoms with van der Waals surface area (Å²) in [7, 11) is 0. The lowest BCUT2D eigenvalue weighted by atomic mass is 10.3. The van der Waals surface area contributed by atoms with Crippen molar-refractivity contribution in [3.63, 3.8) is 0 Å². The van der Waals surface area contributed by atoms with E-state index in [1.54, 1.807) is 5.38 Å². The highest BCUT2D eigenvalue weighted by atomic mass is 32.1. The Balaban J connectivity index is 1.69. The van der Waals surface area contributed by atoms with Gasteiger partial charge in [-0.1, -0.05) is 0 Å². The van der Waals surface area contributed by atoms with Crippen molar-refractivity contribution in [3.8, 4) is 0 Å². The number of rotatable bonds is 3. The third kappa shape index (κ3) is 2.80. The highest BCUT2D eigenvalue weighted by molar-refractivity contribution is 7.14. The van der Waals surface area contributed by atoms with Gasteiger partial charge in [0.2, 0.25) is 0 Å². The van der Waals surface area contributed by atoms with E-state index >= 15 is 0 Å². The van der Waals surface area contributed by atoms with Crippen LogP contribution in [0.15, 0.2) is 29.6 Å². The van der Waals surface area contributed by atoms with Gasteiger partial charge in [-0.25, -0.2) is 9.37 Å². The molecule has 6 heteroatoms. The van der Waals surface area contributed by atoms with Crippen molar-refractivity contribution in [3.05, 3.63) is 41.2 Å². The summed E-state index contributed by atoms with van der Waals surface area (Å²) in [5, 5.41) is 5.36. The molecule has 1 fully saturated rings. The molecule has 20 heavy (non-hydrogen) atoms. The van der Waals surface area contributed by atoms with E-state index in [0.717, 1.165) is 18.2 Å². The first-order valence-corrected chi connectivity index (χ1v) is 7.38. The van der Waals surface area contributed by atoms with Crippen LogP contribution >= 0.6 is 11.3 Å². The van der Waals surface area contributed by atoms with Crippen LogP contribution in [0.5, 0.6) is 0 Å². The molecule has 1 N–H and O–H groups in total. The van der Waals surface area contributed by atoms with Crippen LogP contribution in [0.3, 0.4) is 0 Å². The third-order valence-electron chi connectivity index (χ3n) is 3.20. The van der Waals surface area contributed by atoms with E-state index in [1.165, 1.54) is 48.4 Å². The van der Waals surface area contributed by atoms with Gasteiger partial charge >= 0.3 is 0 Å². The first-order valence-electron chi connectivity index (χ1n) is 6.50. The lowest BCUT2D eigenvalue weighted by molar-refractivity contribution is 0.102. The average Bonchev–Trinajstić information content (AvgIpc) is 3.11. The number of hydrogen-bond donors (Lipinski definition) is 1. The SMILES string of the molecule is O=C(Nc1ccc(F)cc1)c1csc(N2CCCC2)n1. The maximum atomic E-state index is 12.8. The number of aromatic nitrogens is 1. The van der Waals surface area contributed by atoms with Crippen molar-refractivity contribution in [1.82, 2.24) is 4.98 Å². The number of nitrogens with zero attached hydrogens (tertiary/aromatic N) is 2. The summed E-state index contributed by atoms with van der Waals surface area (Å²) in [6, 6.07) is 5.68. The lowest BCUT2D eigenvalue weighted by Crippen LogP contribution is -2.18. The molecule has 104 valence electrons. The molecule has 1 aliphatic rings. The number of thiazole rings is 1. The van der Waals surface area contributed by atoms with Crippen molar-refractivity contribution >= 4 is 28.1 Å². The summed E-state index contributed by atoms with van der Waals surface area (Å²) in [5.41, 5.74) is 0.966. The number of hydrogen-bond acceptors (Lipinski definition) is 4. The lowest BCUT2D eigenvalue weighted by Gasteiger charge is -2.12. The number of benzene rings is 1. The molecule has 0 bridgehead atoms. The van der Waals surface area contributed by atoms with Crippen molar-refractivity contribution in [2.75, 3.05) is 23.3 Å². The Hall–Kier alpha value is -1.95. The van der Waals surface area contributed by atoms with Gasteiger partial charge in [0.15, 0.2) is 5.13 Å². The standard InChI is InChI=1S/C14H14FN3OS/c15-10-3-5-11(6-4-10)16-13(19)12-9-20-14(17-12)18-7-1-2-8-18/h3-6,9H,1-2,7-8H2,(H,16,19). The monoisotopic (exact) mass is 291 g/mol. The van der Waals surface area contributed by atoms with E-state index in [1.807, 2.05) is 0 Å². The Morgan fingerprint density at radius 3 is 2.65 bits per heavy atom. The summed E-state index contributed by atoms with van der Waals surface area (Å²) in [4.78, 5) is 18.6. The molecule has 0 spiro atoms. The number of nitrogens with one attached hydrogen (secondary N) is 1. The zero-order chi connectivity index (χ0) is 13.9.